The van der Waals surface area contributed by atoms with Gasteiger partial charge in [0.1, 0.15) is 5.25 Å². The van der Waals surface area contributed by atoms with Crippen molar-refractivity contribution in [2.75, 3.05) is 5.32 Å². The highest BCUT2D eigenvalue weighted by atomic mass is 35.5. The van der Waals surface area contributed by atoms with Gasteiger partial charge in [0.15, 0.2) is 0 Å². The molecule has 0 aliphatic rings. The number of benzene rings is 3. The Labute approximate surface area is 189 Å². The second kappa shape index (κ2) is 9.37. The molecule has 0 aliphatic carbocycles. The summed E-state index contributed by atoms with van der Waals surface area (Å²) in [6, 6.07) is 22.8. The summed E-state index contributed by atoms with van der Waals surface area (Å²) in [5.41, 5.74) is 4.35. The van der Waals surface area contributed by atoms with E-state index in [4.69, 9.17) is 16.0 Å². The van der Waals surface area contributed by atoms with Gasteiger partial charge >= 0.3 is 0 Å². The first kappa shape index (κ1) is 21.2. The van der Waals surface area contributed by atoms with Gasteiger partial charge in [-0.25, -0.2) is 0 Å². The summed E-state index contributed by atoms with van der Waals surface area (Å²) in [6.45, 7) is 3.96. The zero-order chi connectivity index (χ0) is 21.8. The molecule has 7 heteroatoms. The number of anilines is 1. The third-order valence-corrected chi connectivity index (χ3v) is 6.14. The van der Waals surface area contributed by atoms with Gasteiger partial charge in [0, 0.05) is 5.69 Å². The Bertz CT molecular complexity index is 1210. The Balaban J connectivity index is 1.61. The van der Waals surface area contributed by atoms with E-state index in [1.54, 1.807) is 6.07 Å². The van der Waals surface area contributed by atoms with E-state index in [2.05, 4.69) is 15.5 Å². The van der Waals surface area contributed by atoms with Crippen LogP contribution < -0.4 is 5.32 Å². The number of nitrogens with zero attached hydrogens (tertiary/aromatic N) is 2. The van der Waals surface area contributed by atoms with Gasteiger partial charge in [-0.3, -0.25) is 4.79 Å². The highest BCUT2D eigenvalue weighted by Crippen LogP contribution is 2.37. The smallest absolute Gasteiger partial charge is 0.277 e. The van der Waals surface area contributed by atoms with Gasteiger partial charge < -0.3 is 9.73 Å². The van der Waals surface area contributed by atoms with E-state index in [0.717, 1.165) is 22.4 Å². The molecular formula is C24H20ClN3O2S. The Morgan fingerprint density at radius 1 is 1.00 bits per heavy atom. The highest BCUT2D eigenvalue weighted by molar-refractivity contribution is 8.00. The van der Waals surface area contributed by atoms with Gasteiger partial charge in [0.25, 0.3) is 5.22 Å². The fourth-order valence-electron chi connectivity index (χ4n) is 3.07. The van der Waals surface area contributed by atoms with Crippen LogP contribution in [0, 0.1) is 13.8 Å². The molecule has 0 aliphatic heterocycles. The van der Waals surface area contributed by atoms with E-state index < -0.39 is 5.25 Å². The molecule has 1 aromatic heterocycles. The minimum atomic E-state index is -0.569. The van der Waals surface area contributed by atoms with Gasteiger partial charge in [-0.05, 0) is 60.5 Å². The summed E-state index contributed by atoms with van der Waals surface area (Å²) < 4.78 is 5.82. The number of thioether (sulfide) groups is 1. The van der Waals surface area contributed by atoms with Crippen LogP contribution in [0.5, 0.6) is 0 Å². The number of amides is 1. The van der Waals surface area contributed by atoms with E-state index in [1.807, 2.05) is 80.6 Å². The number of aryl methyl sites for hydroxylation is 2. The SMILES string of the molecule is Cc1ccc(C)c(NC(=O)C(Sc2nnc(-c3ccccc3Cl)o2)c2ccccc2)c1. The van der Waals surface area contributed by atoms with Crippen molar-refractivity contribution in [1.29, 1.82) is 0 Å². The standard InChI is InChI=1S/C24H20ClN3O2S/c1-15-12-13-16(2)20(14-15)26-22(29)21(17-8-4-3-5-9-17)31-24-28-27-23(30-24)18-10-6-7-11-19(18)25/h3-14,21H,1-2H3,(H,26,29). The molecule has 31 heavy (non-hydrogen) atoms. The quantitative estimate of drug-likeness (QED) is 0.341. The summed E-state index contributed by atoms with van der Waals surface area (Å²) in [7, 11) is 0. The van der Waals surface area contributed by atoms with Gasteiger partial charge in [-0.1, -0.05) is 66.2 Å². The molecular weight excluding hydrogens is 430 g/mol. The van der Waals surface area contributed by atoms with Gasteiger partial charge in [-0.15, -0.1) is 10.2 Å². The molecule has 5 nitrogen and oxygen atoms in total. The van der Waals surface area contributed by atoms with Crippen molar-refractivity contribution >= 4 is 35.0 Å². The van der Waals surface area contributed by atoms with Crippen LogP contribution in [0.25, 0.3) is 11.5 Å². The maximum absolute atomic E-state index is 13.3. The number of hydrogen-bond acceptors (Lipinski definition) is 5. The first-order chi connectivity index (χ1) is 15.0. The molecule has 1 atom stereocenters. The minimum Gasteiger partial charge on any atom is -0.411 e. The summed E-state index contributed by atoms with van der Waals surface area (Å²) in [5, 5.41) is 11.5. The summed E-state index contributed by atoms with van der Waals surface area (Å²) in [4.78, 5) is 13.3. The van der Waals surface area contributed by atoms with E-state index in [0.29, 0.717) is 21.7 Å². The van der Waals surface area contributed by atoms with Crippen LogP contribution in [0.15, 0.2) is 82.4 Å². The van der Waals surface area contributed by atoms with E-state index in [1.165, 1.54) is 11.8 Å². The lowest BCUT2D eigenvalue weighted by Gasteiger charge is -2.16. The molecule has 156 valence electrons. The third kappa shape index (κ3) is 4.98. The molecule has 1 N–H and O–H groups in total. The van der Waals surface area contributed by atoms with E-state index in [9.17, 15) is 4.79 Å². The van der Waals surface area contributed by atoms with Crippen molar-refractivity contribution in [3.8, 4) is 11.5 Å². The average molecular weight is 450 g/mol. The predicted octanol–water partition coefficient (Wildman–Crippen LogP) is 6.48. The van der Waals surface area contributed by atoms with Crippen LogP contribution in [0.4, 0.5) is 5.69 Å². The molecule has 0 fully saturated rings. The molecule has 1 unspecified atom stereocenters. The number of carbonyl (C=O) groups is 1. The normalized spacial score (nSPS) is 11.8. The van der Waals surface area contributed by atoms with Gasteiger partial charge in [-0.2, -0.15) is 0 Å². The van der Waals surface area contributed by atoms with E-state index in [-0.39, 0.29) is 5.91 Å². The number of rotatable bonds is 6. The average Bonchev–Trinajstić information content (AvgIpc) is 3.24. The van der Waals surface area contributed by atoms with Crippen molar-refractivity contribution in [1.82, 2.24) is 10.2 Å². The summed E-state index contributed by atoms with van der Waals surface area (Å²) >= 11 is 7.44. The first-order valence-electron chi connectivity index (χ1n) is 9.69. The topological polar surface area (TPSA) is 68.0 Å². The van der Waals surface area contributed by atoms with Crippen LogP contribution >= 0.6 is 23.4 Å². The van der Waals surface area contributed by atoms with Crippen LogP contribution in [0.2, 0.25) is 5.02 Å². The lowest BCUT2D eigenvalue weighted by Crippen LogP contribution is -2.19. The van der Waals surface area contributed by atoms with Crippen molar-refractivity contribution < 1.29 is 9.21 Å². The number of aromatic nitrogens is 2. The lowest BCUT2D eigenvalue weighted by atomic mass is 10.1. The van der Waals surface area contributed by atoms with Gasteiger partial charge in [0.2, 0.25) is 11.8 Å². The summed E-state index contributed by atoms with van der Waals surface area (Å²) in [5.74, 6) is 0.150. The van der Waals surface area contributed by atoms with Crippen LogP contribution in [-0.2, 0) is 4.79 Å². The molecule has 0 bridgehead atoms. The fourth-order valence-corrected chi connectivity index (χ4v) is 4.16. The Morgan fingerprint density at radius 3 is 2.52 bits per heavy atom. The molecule has 3 aromatic carbocycles. The molecule has 4 rings (SSSR count). The Hall–Kier alpha value is -3.09. The molecule has 0 spiro atoms. The summed E-state index contributed by atoms with van der Waals surface area (Å²) in [6.07, 6.45) is 0. The van der Waals surface area contributed by atoms with Crippen molar-refractivity contribution in [2.24, 2.45) is 0 Å². The van der Waals surface area contributed by atoms with Crippen molar-refractivity contribution in [3.63, 3.8) is 0 Å². The van der Waals surface area contributed by atoms with E-state index >= 15 is 0 Å². The maximum atomic E-state index is 13.3. The monoisotopic (exact) mass is 449 g/mol. The molecule has 1 heterocycles. The molecule has 0 radical (unpaired) electrons. The highest BCUT2D eigenvalue weighted by Gasteiger charge is 2.26. The van der Waals surface area contributed by atoms with Crippen LogP contribution in [0.1, 0.15) is 21.9 Å². The number of carbonyl (C=O) groups excluding carboxylic acids is 1. The first-order valence-corrected chi connectivity index (χ1v) is 10.9. The maximum Gasteiger partial charge on any atom is 0.277 e. The van der Waals surface area contributed by atoms with Crippen molar-refractivity contribution in [2.45, 2.75) is 24.3 Å². The molecule has 1 amide bonds. The number of hydrogen-bond donors (Lipinski definition) is 1. The molecule has 0 saturated carbocycles. The third-order valence-electron chi connectivity index (χ3n) is 4.72. The largest absolute Gasteiger partial charge is 0.411 e. The minimum absolute atomic E-state index is 0.164. The zero-order valence-corrected chi connectivity index (χ0v) is 18.6. The predicted molar refractivity (Wildman–Crippen MR) is 124 cm³/mol. The Kier molecular flexibility index (Phi) is 6.39. The second-order valence-electron chi connectivity index (χ2n) is 7.07. The lowest BCUT2D eigenvalue weighted by molar-refractivity contribution is -0.115. The van der Waals surface area contributed by atoms with Crippen LogP contribution in [-0.4, -0.2) is 16.1 Å². The fraction of sp³-hybridized carbons (Fsp3) is 0.125. The number of halogens is 1. The zero-order valence-electron chi connectivity index (χ0n) is 17.0. The van der Waals surface area contributed by atoms with Gasteiger partial charge in [0.05, 0.1) is 10.6 Å². The van der Waals surface area contributed by atoms with Crippen molar-refractivity contribution in [3.05, 3.63) is 94.5 Å². The number of nitrogens with one attached hydrogen (secondary N) is 1. The second-order valence-corrected chi connectivity index (χ2v) is 8.53. The Morgan fingerprint density at radius 2 is 1.74 bits per heavy atom. The molecule has 0 saturated heterocycles. The van der Waals surface area contributed by atoms with Crippen LogP contribution in [0.3, 0.4) is 0 Å². The molecule has 4 aromatic rings.